The number of benzene rings is 1. The summed E-state index contributed by atoms with van der Waals surface area (Å²) in [5.41, 5.74) is 1.47. The summed E-state index contributed by atoms with van der Waals surface area (Å²) in [5.74, 6) is 0.560. The molecule has 0 aromatic heterocycles. The zero-order chi connectivity index (χ0) is 16.6. The Balaban J connectivity index is 2.47. The van der Waals surface area contributed by atoms with Crippen molar-refractivity contribution in [1.82, 2.24) is 5.32 Å². The van der Waals surface area contributed by atoms with E-state index < -0.39 is 11.5 Å². The smallest absolute Gasteiger partial charge is 0.331 e. The molecule has 0 aliphatic rings. The molecule has 1 rings (SSSR count). The van der Waals surface area contributed by atoms with Gasteiger partial charge in [-0.05, 0) is 25.8 Å². The lowest BCUT2D eigenvalue weighted by Crippen LogP contribution is -2.53. The van der Waals surface area contributed by atoms with Gasteiger partial charge in [-0.3, -0.25) is 4.79 Å². The number of esters is 1. The highest BCUT2D eigenvalue weighted by atomic mass is 32.2. The predicted molar refractivity (Wildman–Crippen MR) is 90.8 cm³/mol. The number of thioether (sulfide) groups is 1. The van der Waals surface area contributed by atoms with Gasteiger partial charge in [-0.1, -0.05) is 43.2 Å². The third-order valence-corrected chi connectivity index (χ3v) is 4.43. The first-order valence-electron chi connectivity index (χ1n) is 7.44. The Bertz CT molecular complexity index is 501. The highest BCUT2D eigenvalue weighted by Gasteiger charge is 2.34. The van der Waals surface area contributed by atoms with E-state index in [9.17, 15) is 9.59 Å². The summed E-state index contributed by atoms with van der Waals surface area (Å²) in [4.78, 5) is 23.9. The molecule has 1 atom stereocenters. The Labute approximate surface area is 137 Å². The maximum Gasteiger partial charge on any atom is 0.331 e. The van der Waals surface area contributed by atoms with E-state index in [1.54, 1.807) is 6.92 Å². The summed E-state index contributed by atoms with van der Waals surface area (Å²) in [5, 5.41) is 2.81. The summed E-state index contributed by atoms with van der Waals surface area (Å²) < 4.78 is 4.79. The van der Waals surface area contributed by atoms with Crippen LogP contribution in [0.3, 0.4) is 0 Å². The van der Waals surface area contributed by atoms with Crippen LogP contribution in [0.15, 0.2) is 24.3 Å². The first-order valence-corrected chi connectivity index (χ1v) is 8.59. The Kier molecular flexibility index (Phi) is 7.45. The number of carbonyl (C=O) groups is 2. The van der Waals surface area contributed by atoms with E-state index in [-0.39, 0.29) is 5.91 Å². The van der Waals surface area contributed by atoms with Gasteiger partial charge in [0.25, 0.3) is 0 Å². The third kappa shape index (κ3) is 5.72. The van der Waals surface area contributed by atoms with Gasteiger partial charge in [0.1, 0.15) is 5.54 Å². The third-order valence-electron chi connectivity index (χ3n) is 3.42. The first-order chi connectivity index (χ1) is 10.4. The number of nitrogens with one attached hydrogen (secondary N) is 1. The second-order valence-corrected chi connectivity index (χ2v) is 6.59. The number of carbonyl (C=O) groups excluding carboxylic acids is 2. The summed E-state index contributed by atoms with van der Waals surface area (Å²) in [7, 11) is 1.34. The van der Waals surface area contributed by atoms with Crippen LogP contribution < -0.4 is 5.32 Å². The van der Waals surface area contributed by atoms with Crippen LogP contribution in [0.2, 0.25) is 0 Å². The van der Waals surface area contributed by atoms with E-state index in [0.717, 1.165) is 12.2 Å². The molecule has 0 saturated carbocycles. The molecule has 1 amide bonds. The molecule has 0 saturated heterocycles. The molecule has 1 unspecified atom stereocenters. The Morgan fingerprint density at radius 1 is 1.27 bits per heavy atom. The van der Waals surface area contributed by atoms with Crippen molar-refractivity contribution in [1.29, 1.82) is 0 Å². The second-order valence-electron chi connectivity index (χ2n) is 5.60. The fourth-order valence-corrected chi connectivity index (χ4v) is 3.02. The average Bonchev–Trinajstić information content (AvgIpc) is 2.48. The molecule has 1 N–H and O–H groups in total. The summed E-state index contributed by atoms with van der Waals surface area (Å²) in [6.45, 7) is 5.73. The molecule has 0 heterocycles. The molecule has 122 valence electrons. The lowest BCUT2D eigenvalue weighted by Gasteiger charge is -2.27. The van der Waals surface area contributed by atoms with E-state index in [0.29, 0.717) is 12.2 Å². The van der Waals surface area contributed by atoms with Crippen molar-refractivity contribution >= 4 is 23.6 Å². The van der Waals surface area contributed by atoms with Gasteiger partial charge in [-0.15, -0.1) is 11.8 Å². The molecule has 1 aromatic rings. The molecule has 0 bridgehead atoms. The van der Waals surface area contributed by atoms with Crippen molar-refractivity contribution in [2.24, 2.45) is 0 Å². The minimum absolute atomic E-state index is 0.140. The number of methoxy groups -OCH3 is 1. The molecular weight excluding hydrogens is 298 g/mol. The Morgan fingerprint density at radius 2 is 1.91 bits per heavy atom. The van der Waals surface area contributed by atoms with E-state index >= 15 is 0 Å². The van der Waals surface area contributed by atoms with Gasteiger partial charge in [-0.25, -0.2) is 4.79 Å². The molecule has 1 aromatic carbocycles. The molecule has 0 aliphatic carbocycles. The van der Waals surface area contributed by atoms with Crippen LogP contribution in [0, 0.1) is 6.92 Å². The van der Waals surface area contributed by atoms with Crippen molar-refractivity contribution < 1.29 is 14.3 Å². The maximum absolute atomic E-state index is 12.1. The molecule has 4 nitrogen and oxygen atoms in total. The lowest BCUT2D eigenvalue weighted by atomic mass is 9.96. The molecule has 5 heteroatoms. The fourth-order valence-electron chi connectivity index (χ4n) is 2.23. The summed E-state index contributed by atoms with van der Waals surface area (Å²) >= 11 is 1.53. The van der Waals surface area contributed by atoms with Crippen LogP contribution >= 0.6 is 11.8 Å². The highest BCUT2D eigenvalue weighted by molar-refractivity contribution is 7.99. The summed E-state index contributed by atoms with van der Waals surface area (Å²) in [6, 6.07) is 8.25. The monoisotopic (exact) mass is 323 g/mol. The van der Waals surface area contributed by atoms with E-state index in [4.69, 9.17) is 4.74 Å². The molecule has 0 spiro atoms. The number of amides is 1. The van der Waals surface area contributed by atoms with Gasteiger partial charge < -0.3 is 10.1 Å². The molecule has 0 aliphatic heterocycles. The van der Waals surface area contributed by atoms with Crippen LogP contribution in [0.25, 0.3) is 0 Å². The van der Waals surface area contributed by atoms with E-state index in [2.05, 4.69) is 29.6 Å². The standard InChI is InChI=1S/C17H25NO3S/c1-5-10-17(3,16(20)21-4)18-15(19)12-22-11-14-8-6-13(2)7-9-14/h6-9H,5,10-12H2,1-4H3,(H,18,19). The van der Waals surface area contributed by atoms with Gasteiger partial charge in [0, 0.05) is 5.75 Å². The highest BCUT2D eigenvalue weighted by Crippen LogP contribution is 2.16. The number of ether oxygens (including phenoxy) is 1. The molecular formula is C17H25NO3S. The summed E-state index contributed by atoms with van der Waals surface area (Å²) in [6.07, 6.45) is 1.36. The quantitative estimate of drug-likeness (QED) is 0.747. The first kappa shape index (κ1) is 18.6. The second kappa shape index (κ2) is 8.83. The van der Waals surface area contributed by atoms with Gasteiger partial charge in [-0.2, -0.15) is 0 Å². The SMILES string of the molecule is CCCC(C)(NC(=O)CSCc1ccc(C)cc1)C(=O)OC. The van der Waals surface area contributed by atoms with Gasteiger partial charge in [0.2, 0.25) is 5.91 Å². The minimum atomic E-state index is -0.939. The van der Waals surface area contributed by atoms with Crippen LogP contribution in [0.1, 0.15) is 37.8 Å². The van der Waals surface area contributed by atoms with Gasteiger partial charge >= 0.3 is 5.97 Å². The topological polar surface area (TPSA) is 55.4 Å². The lowest BCUT2D eigenvalue weighted by molar-refractivity contribution is -0.150. The minimum Gasteiger partial charge on any atom is -0.467 e. The van der Waals surface area contributed by atoms with E-state index in [1.165, 1.54) is 30.0 Å². The van der Waals surface area contributed by atoms with Gasteiger partial charge in [0.15, 0.2) is 0 Å². The molecule has 0 radical (unpaired) electrons. The van der Waals surface area contributed by atoms with Crippen molar-refractivity contribution in [2.45, 2.75) is 44.9 Å². The zero-order valence-electron chi connectivity index (χ0n) is 13.8. The van der Waals surface area contributed by atoms with Crippen molar-refractivity contribution in [3.8, 4) is 0 Å². The number of rotatable bonds is 8. The van der Waals surface area contributed by atoms with Crippen LogP contribution in [0.4, 0.5) is 0 Å². The average molecular weight is 323 g/mol. The Hall–Kier alpha value is -1.49. The molecule has 22 heavy (non-hydrogen) atoms. The fraction of sp³-hybridized carbons (Fsp3) is 0.529. The van der Waals surface area contributed by atoms with Crippen molar-refractivity contribution in [2.75, 3.05) is 12.9 Å². The normalized spacial score (nSPS) is 13.3. The maximum atomic E-state index is 12.1. The Morgan fingerprint density at radius 3 is 2.45 bits per heavy atom. The van der Waals surface area contributed by atoms with Crippen LogP contribution in [-0.2, 0) is 20.1 Å². The molecule has 0 fully saturated rings. The number of hydrogen-bond acceptors (Lipinski definition) is 4. The van der Waals surface area contributed by atoms with E-state index in [1.807, 2.05) is 13.8 Å². The largest absolute Gasteiger partial charge is 0.467 e. The zero-order valence-corrected chi connectivity index (χ0v) is 14.6. The van der Waals surface area contributed by atoms with Crippen molar-refractivity contribution in [3.63, 3.8) is 0 Å². The van der Waals surface area contributed by atoms with Gasteiger partial charge in [0.05, 0.1) is 12.9 Å². The number of hydrogen-bond donors (Lipinski definition) is 1. The van der Waals surface area contributed by atoms with Crippen molar-refractivity contribution in [3.05, 3.63) is 35.4 Å². The van der Waals surface area contributed by atoms with Crippen LogP contribution in [0.5, 0.6) is 0 Å². The van der Waals surface area contributed by atoms with Crippen LogP contribution in [-0.4, -0.2) is 30.3 Å². The number of aryl methyl sites for hydroxylation is 1. The predicted octanol–water partition coefficient (Wildman–Crippen LogP) is 3.08.